The Kier molecular flexibility index (Phi) is 4.60. The minimum atomic E-state index is -1.37. The van der Waals surface area contributed by atoms with Gasteiger partial charge in [0, 0.05) is 15.7 Å². The fourth-order valence-electron chi connectivity index (χ4n) is 1.69. The van der Waals surface area contributed by atoms with Crippen LogP contribution in [0.3, 0.4) is 0 Å². The van der Waals surface area contributed by atoms with E-state index in [1.165, 1.54) is 18.2 Å². The number of carbonyl (C=O) groups is 1. The zero-order valence-electron chi connectivity index (χ0n) is 10.6. The molecule has 2 aromatic rings. The lowest BCUT2D eigenvalue weighted by atomic mass is 10.1. The molecule has 0 saturated carbocycles. The summed E-state index contributed by atoms with van der Waals surface area (Å²) in [5, 5.41) is 13.3. The van der Waals surface area contributed by atoms with Crippen LogP contribution in [-0.2, 0) is 4.79 Å². The van der Waals surface area contributed by atoms with E-state index < -0.39 is 12.0 Å². The Morgan fingerprint density at radius 3 is 2.50 bits per heavy atom. The number of aliphatic hydroxyl groups excluding tert-OH is 1. The molecular weight excluding hydrogens is 299 g/mol. The zero-order chi connectivity index (χ0) is 14.7. The number of carbonyl (C=O) groups excluding carboxylic acids is 1. The van der Waals surface area contributed by atoms with Crippen molar-refractivity contribution in [2.75, 3.05) is 5.32 Å². The smallest absolute Gasteiger partial charge is 0.258 e. The van der Waals surface area contributed by atoms with Gasteiger partial charge in [0.15, 0.2) is 6.10 Å². The lowest BCUT2D eigenvalue weighted by Crippen LogP contribution is -2.21. The lowest BCUT2D eigenvalue weighted by molar-refractivity contribution is -0.124. The van der Waals surface area contributed by atoms with Crippen molar-refractivity contribution in [1.82, 2.24) is 4.98 Å². The number of nitrogens with zero attached hydrogens (tertiary/aromatic N) is 1. The maximum Gasteiger partial charge on any atom is 0.258 e. The molecule has 1 atom stereocenters. The summed E-state index contributed by atoms with van der Waals surface area (Å²) in [4.78, 5) is 16.1. The van der Waals surface area contributed by atoms with Crippen LogP contribution >= 0.6 is 23.2 Å². The van der Waals surface area contributed by atoms with E-state index in [1.807, 2.05) is 13.0 Å². The van der Waals surface area contributed by atoms with Gasteiger partial charge >= 0.3 is 0 Å². The summed E-state index contributed by atoms with van der Waals surface area (Å²) >= 11 is 11.7. The topological polar surface area (TPSA) is 62.2 Å². The number of benzene rings is 1. The largest absolute Gasteiger partial charge is 0.378 e. The second-order valence-electron chi connectivity index (χ2n) is 4.26. The second-order valence-corrected chi connectivity index (χ2v) is 5.13. The number of hydrogen-bond donors (Lipinski definition) is 2. The number of nitrogens with one attached hydrogen (secondary N) is 1. The van der Waals surface area contributed by atoms with Gasteiger partial charge in [0.2, 0.25) is 0 Å². The van der Waals surface area contributed by atoms with E-state index >= 15 is 0 Å². The Balaban J connectivity index is 2.16. The van der Waals surface area contributed by atoms with Crippen molar-refractivity contribution in [3.8, 4) is 0 Å². The highest BCUT2D eigenvalue weighted by Crippen LogP contribution is 2.24. The molecule has 0 aliphatic heterocycles. The standard InChI is InChI=1S/C14H12Cl2N2O2/c1-8-3-2-4-12(17-8)18-14(20)13(19)9-5-10(15)7-11(16)6-9/h2-7,13,19H,1H3,(H,17,18,20). The molecule has 4 nitrogen and oxygen atoms in total. The van der Waals surface area contributed by atoms with Gasteiger partial charge in [-0.25, -0.2) is 4.98 Å². The van der Waals surface area contributed by atoms with Gasteiger partial charge in [-0.1, -0.05) is 29.3 Å². The van der Waals surface area contributed by atoms with E-state index in [0.717, 1.165) is 5.69 Å². The van der Waals surface area contributed by atoms with Crippen molar-refractivity contribution in [2.45, 2.75) is 13.0 Å². The second kappa shape index (κ2) is 6.22. The number of rotatable bonds is 3. The third-order valence-corrected chi connectivity index (χ3v) is 3.03. The first-order chi connectivity index (χ1) is 9.45. The molecule has 1 aromatic heterocycles. The highest BCUT2D eigenvalue weighted by Gasteiger charge is 2.19. The number of pyridine rings is 1. The third-order valence-electron chi connectivity index (χ3n) is 2.59. The van der Waals surface area contributed by atoms with Crippen LogP contribution in [0.15, 0.2) is 36.4 Å². The Bertz CT molecular complexity index is 627. The van der Waals surface area contributed by atoms with Crippen LogP contribution in [-0.4, -0.2) is 16.0 Å². The van der Waals surface area contributed by atoms with E-state index in [1.54, 1.807) is 12.1 Å². The van der Waals surface area contributed by atoms with Crippen molar-refractivity contribution in [1.29, 1.82) is 0 Å². The number of aliphatic hydroxyl groups is 1. The minimum absolute atomic E-state index is 0.327. The van der Waals surface area contributed by atoms with Crippen LogP contribution in [0.5, 0.6) is 0 Å². The van der Waals surface area contributed by atoms with Gasteiger partial charge in [0.25, 0.3) is 5.91 Å². The van der Waals surface area contributed by atoms with Crippen LogP contribution in [0.2, 0.25) is 10.0 Å². The Labute approximate surface area is 126 Å². The Morgan fingerprint density at radius 2 is 1.90 bits per heavy atom. The highest BCUT2D eigenvalue weighted by atomic mass is 35.5. The number of amides is 1. The zero-order valence-corrected chi connectivity index (χ0v) is 12.1. The summed E-state index contributed by atoms with van der Waals surface area (Å²) in [6.45, 7) is 1.81. The normalized spacial score (nSPS) is 12.0. The van der Waals surface area contributed by atoms with Gasteiger partial charge in [-0.3, -0.25) is 4.79 Å². The van der Waals surface area contributed by atoms with Crippen LogP contribution < -0.4 is 5.32 Å². The van der Waals surface area contributed by atoms with Crippen LogP contribution in [0, 0.1) is 6.92 Å². The number of hydrogen-bond acceptors (Lipinski definition) is 3. The molecule has 0 aliphatic rings. The van der Waals surface area contributed by atoms with Crippen molar-refractivity contribution in [3.05, 3.63) is 57.7 Å². The Hall–Kier alpha value is -1.62. The molecule has 6 heteroatoms. The fraction of sp³-hybridized carbons (Fsp3) is 0.143. The predicted octanol–water partition coefficient (Wildman–Crippen LogP) is 3.37. The molecule has 0 radical (unpaired) electrons. The van der Waals surface area contributed by atoms with E-state index in [-0.39, 0.29) is 0 Å². The van der Waals surface area contributed by atoms with E-state index in [0.29, 0.717) is 21.4 Å². The number of halogens is 2. The molecule has 20 heavy (non-hydrogen) atoms. The quantitative estimate of drug-likeness (QED) is 0.913. The molecule has 1 unspecified atom stereocenters. The molecule has 0 aliphatic carbocycles. The maximum atomic E-state index is 12.0. The van der Waals surface area contributed by atoms with Gasteiger partial charge in [-0.05, 0) is 42.8 Å². The fourth-order valence-corrected chi connectivity index (χ4v) is 2.23. The summed E-state index contributed by atoms with van der Waals surface area (Å²) in [6.07, 6.45) is -1.37. The van der Waals surface area contributed by atoms with Crippen LogP contribution in [0.4, 0.5) is 5.82 Å². The van der Waals surface area contributed by atoms with Crippen molar-refractivity contribution < 1.29 is 9.90 Å². The van der Waals surface area contributed by atoms with Crippen LogP contribution in [0.1, 0.15) is 17.4 Å². The number of anilines is 1. The molecule has 0 fully saturated rings. The molecule has 1 amide bonds. The summed E-state index contributed by atoms with van der Waals surface area (Å²) in [6, 6.07) is 9.72. The first-order valence-corrected chi connectivity index (χ1v) is 6.60. The van der Waals surface area contributed by atoms with E-state index in [2.05, 4.69) is 10.3 Å². The molecule has 104 valence electrons. The molecule has 1 heterocycles. The average molecular weight is 311 g/mol. The third kappa shape index (κ3) is 3.70. The summed E-state index contributed by atoms with van der Waals surface area (Å²) in [7, 11) is 0. The molecule has 0 bridgehead atoms. The highest BCUT2D eigenvalue weighted by molar-refractivity contribution is 6.34. The van der Waals surface area contributed by atoms with Gasteiger partial charge < -0.3 is 10.4 Å². The summed E-state index contributed by atoms with van der Waals surface area (Å²) in [5.74, 6) is -0.219. The first kappa shape index (κ1) is 14.8. The van der Waals surface area contributed by atoms with E-state index in [9.17, 15) is 9.90 Å². The van der Waals surface area contributed by atoms with Crippen molar-refractivity contribution in [2.24, 2.45) is 0 Å². The molecule has 1 aromatic carbocycles. The van der Waals surface area contributed by atoms with Crippen molar-refractivity contribution >= 4 is 34.9 Å². The molecular formula is C14H12Cl2N2O2. The number of aromatic nitrogens is 1. The predicted molar refractivity (Wildman–Crippen MR) is 79.0 cm³/mol. The summed E-state index contributed by atoms with van der Waals surface area (Å²) < 4.78 is 0. The number of aryl methyl sites for hydroxylation is 1. The van der Waals surface area contributed by atoms with Gasteiger partial charge in [-0.15, -0.1) is 0 Å². The van der Waals surface area contributed by atoms with Gasteiger partial charge in [0.1, 0.15) is 5.82 Å². The van der Waals surface area contributed by atoms with E-state index in [4.69, 9.17) is 23.2 Å². The first-order valence-electron chi connectivity index (χ1n) is 5.84. The average Bonchev–Trinajstić information content (AvgIpc) is 2.36. The van der Waals surface area contributed by atoms with Crippen molar-refractivity contribution in [3.63, 3.8) is 0 Å². The van der Waals surface area contributed by atoms with Crippen LogP contribution in [0.25, 0.3) is 0 Å². The SMILES string of the molecule is Cc1cccc(NC(=O)C(O)c2cc(Cl)cc(Cl)c2)n1. The monoisotopic (exact) mass is 310 g/mol. The maximum absolute atomic E-state index is 12.0. The molecule has 0 saturated heterocycles. The lowest BCUT2D eigenvalue weighted by Gasteiger charge is -2.12. The summed E-state index contributed by atoms with van der Waals surface area (Å²) in [5.41, 5.74) is 1.09. The molecule has 2 rings (SSSR count). The Morgan fingerprint density at radius 1 is 1.25 bits per heavy atom. The van der Waals surface area contributed by atoms with Gasteiger partial charge in [-0.2, -0.15) is 0 Å². The molecule has 2 N–H and O–H groups in total. The minimum Gasteiger partial charge on any atom is -0.378 e. The molecule has 0 spiro atoms. The van der Waals surface area contributed by atoms with Gasteiger partial charge in [0.05, 0.1) is 0 Å².